The Labute approximate surface area is 110 Å². The summed E-state index contributed by atoms with van der Waals surface area (Å²) in [7, 11) is 1.32. The first-order valence-corrected chi connectivity index (χ1v) is 6.65. The summed E-state index contributed by atoms with van der Waals surface area (Å²) in [4.78, 5) is 22.5. The largest absolute Gasteiger partial charge is 0.465 e. The Morgan fingerprint density at radius 1 is 1.44 bits per heavy atom. The Kier molecular flexibility index (Phi) is 5.77. The van der Waals surface area contributed by atoms with Crippen LogP contribution in [0, 0.1) is 6.92 Å². The number of furan rings is 1. The lowest BCUT2D eigenvalue weighted by Gasteiger charge is -1.99. The molecular formula is C12H16O5S. The summed E-state index contributed by atoms with van der Waals surface area (Å²) in [5.41, 5.74) is 0.421. The molecule has 0 amide bonds. The fourth-order valence-corrected chi connectivity index (χ4v) is 2.06. The van der Waals surface area contributed by atoms with Crippen LogP contribution in [0.3, 0.4) is 0 Å². The van der Waals surface area contributed by atoms with Crippen molar-refractivity contribution in [1.29, 1.82) is 0 Å². The van der Waals surface area contributed by atoms with Gasteiger partial charge in [0, 0.05) is 0 Å². The molecule has 1 heterocycles. The molecule has 0 unspecified atom stereocenters. The van der Waals surface area contributed by atoms with Crippen LogP contribution in [-0.4, -0.2) is 31.4 Å². The van der Waals surface area contributed by atoms with E-state index < -0.39 is 5.97 Å². The number of carbonyl (C=O) groups excluding carboxylic acids is 2. The number of thioether (sulfide) groups is 1. The average Bonchev–Trinajstić information content (AvgIpc) is 2.70. The summed E-state index contributed by atoms with van der Waals surface area (Å²) in [6, 6.07) is 1.64. The number of rotatable bonds is 6. The van der Waals surface area contributed by atoms with Gasteiger partial charge in [0.15, 0.2) is 0 Å². The Hall–Kier alpha value is -1.43. The molecule has 0 saturated heterocycles. The lowest BCUT2D eigenvalue weighted by molar-refractivity contribution is -0.139. The van der Waals surface area contributed by atoms with Crippen molar-refractivity contribution in [2.24, 2.45) is 0 Å². The Morgan fingerprint density at radius 3 is 2.78 bits per heavy atom. The predicted octanol–water partition coefficient (Wildman–Crippen LogP) is 2.17. The molecule has 0 bridgehead atoms. The smallest absolute Gasteiger partial charge is 0.341 e. The van der Waals surface area contributed by atoms with Crippen LogP contribution in [-0.2, 0) is 20.0 Å². The van der Waals surface area contributed by atoms with Gasteiger partial charge in [0.05, 0.1) is 25.2 Å². The van der Waals surface area contributed by atoms with Crippen molar-refractivity contribution in [2.45, 2.75) is 19.6 Å². The molecule has 0 aliphatic heterocycles. The van der Waals surface area contributed by atoms with Crippen molar-refractivity contribution >= 4 is 23.7 Å². The first kappa shape index (κ1) is 14.6. The lowest BCUT2D eigenvalue weighted by Crippen LogP contribution is -2.06. The second-order valence-electron chi connectivity index (χ2n) is 3.47. The molecule has 0 saturated carbocycles. The van der Waals surface area contributed by atoms with E-state index >= 15 is 0 Å². The van der Waals surface area contributed by atoms with Crippen LogP contribution in [0.1, 0.15) is 28.8 Å². The molecule has 0 N–H and O–H groups in total. The number of aryl methyl sites for hydroxylation is 1. The third-order valence-corrected chi connectivity index (χ3v) is 3.07. The van der Waals surface area contributed by atoms with Crippen molar-refractivity contribution < 1.29 is 23.5 Å². The summed E-state index contributed by atoms with van der Waals surface area (Å²) in [5, 5.41) is 0. The molecule has 18 heavy (non-hydrogen) atoms. The van der Waals surface area contributed by atoms with Gasteiger partial charge in [-0.25, -0.2) is 4.79 Å². The molecule has 6 heteroatoms. The van der Waals surface area contributed by atoms with Crippen molar-refractivity contribution in [3.8, 4) is 0 Å². The van der Waals surface area contributed by atoms with E-state index in [1.54, 1.807) is 19.9 Å². The zero-order chi connectivity index (χ0) is 13.5. The molecule has 0 spiro atoms. The first-order chi connectivity index (χ1) is 8.58. The summed E-state index contributed by atoms with van der Waals surface area (Å²) >= 11 is 1.38. The number of carbonyl (C=O) groups is 2. The van der Waals surface area contributed by atoms with Gasteiger partial charge in [0.2, 0.25) is 0 Å². The van der Waals surface area contributed by atoms with Crippen LogP contribution in [0.2, 0.25) is 0 Å². The third kappa shape index (κ3) is 4.10. The van der Waals surface area contributed by atoms with Crippen molar-refractivity contribution in [3.05, 3.63) is 23.2 Å². The van der Waals surface area contributed by atoms with Gasteiger partial charge in [-0.3, -0.25) is 4.79 Å². The molecule has 100 valence electrons. The van der Waals surface area contributed by atoms with Crippen molar-refractivity contribution in [2.75, 3.05) is 19.5 Å². The van der Waals surface area contributed by atoms with Crippen LogP contribution in [0.15, 0.2) is 10.5 Å². The maximum atomic E-state index is 11.4. The van der Waals surface area contributed by atoms with Crippen molar-refractivity contribution in [1.82, 2.24) is 0 Å². The van der Waals surface area contributed by atoms with Gasteiger partial charge in [0.25, 0.3) is 0 Å². The molecule has 0 aliphatic rings. The van der Waals surface area contributed by atoms with Crippen LogP contribution in [0.5, 0.6) is 0 Å². The van der Waals surface area contributed by atoms with Crippen LogP contribution >= 0.6 is 11.8 Å². The molecule has 1 rings (SSSR count). The van der Waals surface area contributed by atoms with E-state index in [4.69, 9.17) is 9.15 Å². The van der Waals surface area contributed by atoms with Gasteiger partial charge in [-0.05, 0) is 19.9 Å². The second kappa shape index (κ2) is 7.10. The predicted molar refractivity (Wildman–Crippen MR) is 67.6 cm³/mol. The van der Waals surface area contributed by atoms with Crippen LogP contribution in [0.25, 0.3) is 0 Å². The van der Waals surface area contributed by atoms with E-state index in [9.17, 15) is 9.59 Å². The fraction of sp³-hybridized carbons (Fsp3) is 0.500. The highest BCUT2D eigenvalue weighted by Gasteiger charge is 2.15. The molecule has 0 fully saturated rings. The van der Waals surface area contributed by atoms with E-state index in [0.29, 0.717) is 29.4 Å². The Balaban J connectivity index is 2.49. The zero-order valence-electron chi connectivity index (χ0n) is 10.6. The van der Waals surface area contributed by atoms with E-state index in [2.05, 4.69) is 4.74 Å². The van der Waals surface area contributed by atoms with E-state index in [1.165, 1.54) is 18.9 Å². The Bertz CT molecular complexity index is 424. The molecule has 1 aromatic rings. The second-order valence-corrected chi connectivity index (χ2v) is 4.46. The van der Waals surface area contributed by atoms with E-state index in [0.717, 1.165) is 0 Å². The molecule has 5 nitrogen and oxygen atoms in total. The number of esters is 2. The summed E-state index contributed by atoms with van der Waals surface area (Å²) < 4.78 is 14.8. The minimum atomic E-state index is -0.419. The van der Waals surface area contributed by atoms with Gasteiger partial charge in [-0.1, -0.05) is 0 Å². The highest BCUT2D eigenvalue weighted by molar-refractivity contribution is 7.99. The maximum absolute atomic E-state index is 11.4. The third-order valence-electron chi connectivity index (χ3n) is 2.14. The maximum Gasteiger partial charge on any atom is 0.341 e. The standard InChI is InChI=1S/C12H16O5S/c1-4-16-11(13)7-18-6-9-5-10(8(2)17-9)12(14)15-3/h5H,4,6-7H2,1-3H3. The average molecular weight is 272 g/mol. The molecular weight excluding hydrogens is 256 g/mol. The normalized spacial score (nSPS) is 10.2. The first-order valence-electron chi connectivity index (χ1n) is 5.49. The van der Waals surface area contributed by atoms with E-state index in [1.807, 2.05) is 0 Å². The van der Waals surface area contributed by atoms with Gasteiger partial charge in [0.1, 0.15) is 17.1 Å². The quantitative estimate of drug-likeness (QED) is 0.739. The lowest BCUT2D eigenvalue weighted by atomic mass is 10.2. The summed E-state index contributed by atoms with van der Waals surface area (Å²) in [6.07, 6.45) is 0. The van der Waals surface area contributed by atoms with Crippen molar-refractivity contribution in [3.63, 3.8) is 0 Å². The molecule has 1 aromatic heterocycles. The molecule has 0 radical (unpaired) electrons. The summed E-state index contributed by atoms with van der Waals surface area (Å²) in [5.74, 6) is 1.27. The highest BCUT2D eigenvalue weighted by atomic mass is 32.2. The molecule has 0 atom stereocenters. The van der Waals surface area contributed by atoms with Gasteiger partial charge < -0.3 is 13.9 Å². The number of ether oxygens (including phenoxy) is 2. The SMILES string of the molecule is CCOC(=O)CSCc1cc(C(=O)OC)c(C)o1. The number of hydrogen-bond donors (Lipinski definition) is 0. The minimum absolute atomic E-state index is 0.251. The number of hydrogen-bond acceptors (Lipinski definition) is 6. The molecule has 0 aliphatic carbocycles. The topological polar surface area (TPSA) is 65.7 Å². The van der Waals surface area contributed by atoms with Gasteiger partial charge in [-0.15, -0.1) is 11.8 Å². The van der Waals surface area contributed by atoms with Crippen LogP contribution < -0.4 is 0 Å². The van der Waals surface area contributed by atoms with Crippen LogP contribution in [0.4, 0.5) is 0 Å². The van der Waals surface area contributed by atoms with Gasteiger partial charge in [-0.2, -0.15) is 0 Å². The zero-order valence-corrected chi connectivity index (χ0v) is 11.5. The Morgan fingerprint density at radius 2 is 2.17 bits per heavy atom. The summed E-state index contributed by atoms with van der Waals surface area (Å²) in [6.45, 7) is 3.85. The van der Waals surface area contributed by atoms with E-state index in [-0.39, 0.29) is 11.7 Å². The monoisotopic (exact) mass is 272 g/mol. The minimum Gasteiger partial charge on any atom is -0.465 e. The highest BCUT2D eigenvalue weighted by Crippen LogP contribution is 2.20. The fourth-order valence-electron chi connectivity index (χ4n) is 1.37. The number of methoxy groups -OCH3 is 1. The van der Waals surface area contributed by atoms with Gasteiger partial charge >= 0.3 is 11.9 Å². The molecule has 0 aromatic carbocycles.